The summed E-state index contributed by atoms with van der Waals surface area (Å²) in [6.45, 7) is 0.728. The summed E-state index contributed by atoms with van der Waals surface area (Å²) in [5.41, 5.74) is 5.22. The lowest BCUT2D eigenvalue weighted by atomic mass is 10.1. The highest BCUT2D eigenvalue weighted by molar-refractivity contribution is 5.93. The first-order valence-corrected chi connectivity index (χ1v) is 8.76. The number of hydrogen-bond acceptors (Lipinski definition) is 4. The molecule has 0 fully saturated rings. The zero-order chi connectivity index (χ0) is 18.6. The van der Waals surface area contributed by atoms with Crippen LogP contribution in [0.3, 0.4) is 0 Å². The van der Waals surface area contributed by atoms with Crippen molar-refractivity contribution in [1.82, 2.24) is 9.97 Å². The molecule has 0 aliphatic heterocycles. The van der Waals surface area contributed by atoms with Crippen LogP contribution in [-0.2, 0) is 6.54 Å². The monoisotopic (exact) mass is 359 g/mol. The number of rotatable bonds is 6. The quantitative estimate of drug-likeness (QED) is 0.516. The van der Waals surface area contributed by atoms with Gasteiger partial charge in [0.15, 0.2) is 0 Å². The number of ether oxygens (including phenoxy) is 2. The number of methoxy groups -OCH3 is 2. The second-order valence-electron chi connectivity index (χ2n) is 6.23. The largest absolute Gasteiger partial charge is 0.497 e. The van der Waals surface area contributed by atoms with E-state index in [4.69, 9.17) is 9.47 Å². The summed E-state index contributed by atoms with van der Waals surface area (Å²) in [5, 5.41) is 4.57. The van der Waals surface area contributed by atoms with Crippen LogP contribution in [0.25, 0.3) is 22.3 Å². The maximum absolute atomic E-state index is 5.23. The summed E-state index contributed by atoms with van der Waals surface area (Å²) in [6, 6.07) is 20.2. The van der Waals surface area contributed by atoms with Gasteiger partial charge in [-0.3, -0.25) is 0 Å². The Hall–Kier alpha value is -3.47. The molecule has 136 valence electrons. The van der Waals surface area contributed by atoms with Crippen LogP contribution in [0.1, 0.15) is 5.56 Å². The van der Waals surface area contributed by atoms with Gasteiger partial charge in [-0.1, -0.05) is 12.1 Å². The lowest BCUT2D eigenvalue weighted by Gasteiger charge is -2.08. The highest BCUT2D eigenvalue weighted by Crippen LogP contribution is 2.29. The van der Waals surface area contributed by atoms with Gasteiger partial charge in [-0.25, -0.2) is 4.98 Å². The number of fused-ring (bicyclic) bond motifs is 1. The van der Waals surface area contributed by atoms with Gasteiger partial charge in [0.25, 0.3) is 0 Å². The van der Waals surface area contributed by atoms with E-state index in [1.54, 1.807) is 14.2 Å². The van der Waals surface area contributed by atoms with Crippen molar-refractivity contribution in [3.8, 4) is 22.8 Å². The number of H-pyrrole nitrogens is 1. The maximum atomic E-state index is 5.23. The first-order chi connectivity index (χ1) is 13.3. The minimum atomic E-state index is 0.728. The average molecular weight is 359 g/mol. The maximum Gasteiger partial charge on any atom is 0.139 e. The molecule has 2 aromatic carbocycles. The summed E-state index contributed by atoms with van der Waals surface area (Å²) >= 11 is 0. The summed E-state index contributed by atoms with van der Waals surface area (Å²) in [6.07, 6.45) is 1.81. The van der Waals surface area contributed by atoms with E-state index in [2.05, 4.69) is 33.5 Å². The van der Waals surface area contributed by atoms with Crippen molar-refractivity contribution in [2.24, 2.45) is 0 Å². The summed E-state index contributed by atoms with van der Waals surface area (Å²) in [4.78, 5) is 7.86. The molecule has 0 amide bonds. The van der Waals surface area contributed by atoms with Gasteiger partial charge >= 0.3 is 0 Å². The smallest absolute Gasteiger partial charge is 0.139 e. The van der Waals surface area contributed by atoms with Crippen molar-refractivity contribution in [2.45, 2.75) is 6.54 Å². The molecule has 2 N–H and O–H groups in total. The molecule has 0 bridgehead atoms. The molecule has 0 aliphatic carbocycles. The van der Waals surface area contributed by atoms with Crippen molar-refractivity contribution >= 4 is 16.7 Å². The molecule has 5 nitrogen and oxygen atoms in total. The van der Waals surface area contributed by atoms with Crippen molar-refractivity contribution in [1.29, 1.82) is 0 Å². The number of nitrogens with zero attached hydrogens (tertiary/aromatic N) is 1. The lowest BCUT2D eigenvalue weighted by molar-refractivity contribution is 0.414. The Morgan fingerprint density at radius 2 is 1.56 bits per heavy atom. The van der Waals surface area contributed by atoms with E-state index >= 15 is 0 Å². The molecule has 0 radical (unpaired) electrons. The third-order valence-corrected chi connectivity index (χ3v) is 4.57. The summed E-state index contributed by atoms with van der Waals surface area (Å²) in [5.74, 6) is 1.70. The van der Waals surface area contributed by atoms with Crippen molar-refractivity contribution in [3.63, 3.8) is 0 Å². The molecular formula is C22H21N3O2. The highest BCUT2D eigenvalue weighted by Gasteiger charge is 2.08. The third kappa shape index (κ3) is 3.58. The van der Waals surface area contributed by atoms with Gasteiger partial charge < -0.3 is 19.8 Å². The second kappa shape index (κ2) is 7.41. The van der Waals surface area contributed by atoms with Crippen LogP contribution in [-0.4, -0.2) is 24.2 Å². The summed E-state index contributed by atoms with van der Waals surface area (Å²) < 4.78 is 10.4. The molecule has 0 saturated carbocycles. The number of pyridine rings is 1. The molecule has 2 heterocycles. The number of hydrogen-bond donors (Lipinski definition) is 2. The summed E-state index contributed by atoms with van der Waals surface area (Å²) in [7, 11) is 3.34. The molecular weight excluding hydrogens is 338 g/mol. The molecule has 0 aliphatic rings. The fourth-order valence-electron chi connectivity index (χ4n) is 3.05. The predicted molar refractivity (Wildman–Crippen MR) is 108 cm³/mol. The Morgan fingerprint density at radius 3 is 2.22 bits per heavy atom. The molecule has 5 heteroatoms. The van der Waals surface area contributed by atoms with Crippen molar-refractivity contribution < 1.29 is 9.47 Å². The third-order valence-electron chi connectivity index (χ3n) is 4.57. The number of aromatic nitrogens is 2. The Bertz CT molecular complexity index is 1040. The Balaban J connectivity index is 1.58. The number of nitrogens with one attached hydrogen (secondary N) is 2. The fraction of sp³-hybridized carbons (Fsp3) is 0.136. The van der Waals surface area contributed by atoms with Gasteiger partial charge in [0.05, 0.1) is 14.2 Å². The normalized spacial score (nSPS) is 10.7. The lowest BCUT2D eigenvalue weighted by Crippen LogP contribution is -1.99. The van der Waals surface area contributed by atoms with Gasteiger partial charge in [0, 0.05) is 29.5 Å². The molecule has 4 rings (SSSR count). The number of anilines is 1. The molecule has 27 heavy (non-hydrogen) atoms. The van der Waals surface area contributed by atoms with Crippen LogP contribution in [0, 0.1) is 0 Å². The van der Waals surface area contributed by atoms with Crippen LogP contribution >= 0.6 is 0 Å². The average Bonchev–Trinajstić information content (AvgIpc) is 3.17. The van der Waals surface area contributed by atoms with Crippen LogP contribution in [0.15, 0.2) is 66.9 Å². The first kappa shape index (κ1) is 17.0. The van der Waals surface area contributed by atoms with Gasteiger partial charge in [0.2, 0.25) is 0 Å². The van der Waals surface area contributed by atoms with E-state index in [0.717, 1.165) is 46.0 Å². The second-order valence-corrected chi connectivity index (χ2v) is 6.23. The van der Waals surface area contributed by atoms with E-state index in [0.29, 0.717) is 0 Å². The standard InChI is InChI=1S/C22H21N3O2/c1-26-17-7-3-15(4-8-17)14-24-20-11-12-23-22-19(20)13-21(25-22)16-5-9-18(27-2)10-6-16/h3-13H,14H2,1-2H3,(H2,23,24,25). The van der Waals surface area contributed by atoms with Crippen molar-refractivity contribution in [2.75, 3.05) is 19.5 Å². The van der Waals surface area contributed by atoms with E-state index in [9.17, 15) is 0 Å². The first-order valence-electron chi connectivity index (χ1n) is 8.76. The highest BCUT2D eigenvalue weighted by atomic mass is 16.5. The van der Waals surface area contributed by atoms with E-state index in [-0.39, 0.29) is 0 Å². The molecule has 4 aromatic rings. The minimum Gasteiger partial charge on any atom is -0.497 e. The molecule has 0 unspecified atom stereocenters. The zero-order valence-corrected chi connectivity index (χ0v) is 15.3. The van der Waals surface area contributed by atoms with Crippen LogP contribution in [0.2, 0.25) is 0 Å². The van der Waals surface area contributed by atoms with Gasteiger partial charge in [0.1, 0.15) is 17.1 Å². The topological polar surface area (TPSA) is 59.2 Å². The molecule has 0 atom stereocenters. The van der Waals surface area contributed by atoms with Crippen LogP contribution < -0.4 is 14.8 Å². The molecule has 0 saturated heterocycles. The number of benzene rings is 2. The van der Waals surface area contributed by atoms with Gasteiger partial charge in [-0.2, -0.15) is 0 Å². The van der Waals surface area contributed by atoms with Gasteiger partial charge in [-0.05, 0) is 59.7 Å². The van der Waals surface area contributed by atoms with Gasteiger partial charge in [-0.15, -0.1) is 0 Å². The Labute approximate surface area is 158 Å². The van der Waals surface area contributed by atoms with Crippen LogP contribution in [0.4, 0.5) is 5.69 Å². The number of aromatic amines is 1. The Kier molecular flexibility index (Phi) is 4.66. The molecule has 0 spiro atoms. The minimum absolute atomic E-state index is 0.728. The predicted octanol–water partition coefficient (Wildman–Crippen LogP) is 4.86. The van der Waals surface area contributed by atoms with E-state index < -0.39 is 0 Å². The molecule has 2 aromatic heterocycles. The zero-order valence-electron chi connectivity index (χ0n) is 15.3. The SMILES string of the molecule is COc1ccc(CNc2ccnc3[nH]c(-c4ccc(OC)cc4)cc23)cc1. The van der Waals surface area contributed by atoms with Crippen molar-refractivity contribution in [3.05, 3.63) is 72.4 Å². The van der Waals surface area contributed by atoms with Crippen LogP contribution in [0.5, 0.6) is 11.5 Å². The fourth-order valence-corrected chi connectivity index (χ4v) is 3.05. The van der Waals surface area contributed by atoms with E-state index in [1.807, 2.05) is 48.7 Å². The van der Waals surface area contributed by atoms with E-state index in [1.165, 1.54) is 5.56 Å². The Morgan fingerprint density at radius 1 is 0.889 bits per heavy atom.